The van der Waals surface area contributed by atoms with Crippen LogP contribution in [0.3, 0.4) is 0 Å². The Balaban J connectivity index is 2.75. The molecule has 1 rings (SSSR count). The highest BCUT2D eigenvalue weighted by Crippen LogP contribution is 2.25. The number of hydrogen-bond donors (Lipinski definition) is 0. The normalized spacial score (nSPS) is 19.2. The lowest BCUT2D eigenvalue weighted by Crippen LogP contribution is -2.41. The van der Waals surface area contributed by atoms with Gasteiger partial charge in [-0.25, -0.2) is 9.59 Å². The lowest BCUT2D eigenvalue weighted by Gasteiger charge is -2.26. The number of cyclic esters (lactones) is 1. The van der Waals surface area contributed by atoms with Crippen molar-refractivity contribution in [2.24, 2.45) is 0 Å². The number of esters is 2. The number of nitrogens with zero attached hydrogens (tertiary/aromatic N) is 1. The zero-order valence-corrected chi connectivity index (χ0v) is 18.2. The van der Waals surface area contributed by atoms with Gasteiger partial charge in [0.15, 0.2) is 0 Å². The summed E-state index contributed by atoms with van der Waals surface area (Å²) in [4.78, 5) is 37.5. The summed E-state index contributed by atoms with van der Waals surface area (Å²) in [5.41, 5.74) is -0.0319. The molecule has 1 aliphatic heterocycles. The maximum absolute atomic E-state index is 12.0. The molecule has 1 amide bonds. The molecule has 148 valence electrons. The van der Waals surface area contributed by atoms with Crippen LogP contribution >= 0.6 is 22.6 Å². The van der Waals surface area contributed by atoms with Gasteiger partial charge < -0.3 is 14.2 Å². The van der Waals surface area contributed by atoms with Gasteiger partial charge in [-0.3, -0.25) is 9.69 Å². The van der Waals surface area contributed by atoms with E-state index in [1.165, 1.54) is 4.90 Å². The van der Waals surface area contributed by atoms with Gasteiger partial charge in [-0.05, 0) is 34.1 Å². The van der Waals surface area contributed by atoms with Gasteiger partial charge >= 0.3 is 18.0 Å². The molecule has 7 nitrogen and oxygen atoms in total. The molecule has 0 spiro atoms. The molecule has 1 heterocycles. The number of amides is 1. The fourth-order valence-electron chi connectivity index (χ4n) is 2.46. The molecule has 0 bridgehead atoms. The number of carbonyl (C=O) groups excluding carboxylic acids is 3. The molecule has 26 heavy (non-hydrogen) atoms. The maximum Gasteiger partial charge on any atom is 0.410 e. The number of carbonyl (C=O) groups is 3. The molecule has 1 fully saturated rings. The molecule has 0 aliphatic carbocycles. The van der Waals surface area contributed by atoms with E-state index in [1.54, 1.807) is 13.0 Å². The highest BCUT2D eigenvalue weighted by atomic mass is 127. The van der Waals surface area contributed by atoms with Crippen LogP contribution in [0.15, 0.2) is 11.6 Å². The van der Waals surface area contributed by atoms with Crippen molar-refractivity contribution in [2.75, 3.05) is 19.8 Å². The first kappa shape index (κ1) is 22.7. The second kappa shape index (κ2) is 10.1. The fourth-order valence-corrected chi connectivity index (χ4v) is 3.41. The monoisotopic (exact) mass is 481 g/mol. The van der Waals surface area contributed by atoms with E-state index in [4.69, 9.17) is 14.2 Å². The summed E-state index contributed by atoms with van der Waals surface area (Å²) in [6.07, 6.45) is 1.93. The Hall–Kier alpha value is -1.32. The van der Waals surface area contributed by atoms with Crippen molar-refractivity contribution in [3.8, 4) is 0 Å². The van der Waals surface area contributed by atoms with E-state index in [2.05, 4.69) is 22.6 Å². The highest BCUT2D eigenvalue weighted by Gasteiger charge is 2.38. The third-order valence-corrected chi connectivity index (χ3v) is 4.94. The fraction of sp³-hybridized carbons (Fsp3) is 0.722. The van der Waals surface area contributed by atoms with E-state index in [-0.39, 0.29) is 41.5 Å². The summed E-state index contributed by atoms with van der Waals surface area (Å²) in [7, 11) is 0. The van der Waals surface area contributed by atoms with Gasteiger partial charge in [0.2, 0.25) is 0 Å². The average Bonchev–Trinajstić information content (AvgIpc) is 2.87. The summed E-state index contributed by atoms with van der Waals surface area (Å²) in [5.74, 6) is -0.689. The lowest BCUT2D eigenvalue weighted by atomic mass is 10.1. The van der Waals surface area contributed by atoms with Crippen LogP contribution in [0.5, 0.6) is 0 Å². The standard InChI is InChI=1S/C18H28INO6/c1-6-12(16(22)24-7-2)8-9-20-14(11-25-17(20)23)13(19)10-15(21)26-18(3,4)5/h8,13-14H,6-7,9-11H2,1-5H3/b12-8+/t13?,14-/m1/s1. The molecule has 0 aromatic carbocycles. The molecule has 0 aromatic heterocycles. The number of ether oxygens (including phenoxy) is 3. The van der Waals surface area contributed by atoms with Crippen LogP contribution in [-0.2, 0) is 23.8 Å². The molecule has 0 N–H and O–H groups in total. The van der Waals surface area contributed by atoms with E-state index in [0.29, 0.717) is 18.6 Å². The molecule has 1 saturated heterocycles. The van der Waals surface area contributed by atoms with Crippen molar-refractivity contribution in [1.29, 1.82) is 0 Å². The second-order valence-corrected chi connectivity index (χ2v) is 8.51. The highest BCUT2D eigenvalue weighted by molar-refractivity contribution is 14.1. The molecular weight excluding hydrogens is 453 g/mol. The number of rotatable bonds is 8. The quantitative estimate of drug-likeness (QED) is 0.174. The van der Waals surface area contributed by atoms with Crippen LogP contribution in [0.25, 0.3) is 0 Å². The van der Waals surface area contributed by atoms with Crippen molar-refractivity contribution >= 4 is 40.6 Å². The minimum Gasteiger partial charge on any atom is -0.463 e. The van der Waals surface area contributed by atoms with Gasteiger partial charge in [-0.2, -0.15) is 0 Å². The van der Waals surface area contributed by atoms with Crippen LogP contribution in [0.1, 0.15) is 47.5 Å². The van der Waals surface area contributed by atoms with E-state index in [1.807, 2.05) is 27.7 Å². The lowest BCUT2D eigenvalue weighted by molar-refractivity contribution is -0.154. The van der Waals surface area contributed by atoms with Gasteiger partial charge in [0.05, 0.1) is 19.1 Å². The van der Waals surface area contributed by atoms with E-state index >= 15 is 0 Å². The van der Waals surface area contributed by atoms with Crippen molar-refractivity contribution in [1.82, 2.24) is 4.90 Å². The van der Waals surface area contributed by atoms with Gasteiger partial charge in [-0.1, -0.05) is 35.6 Å². The summed E-state index contributed by atoms with van der Waals surface area (Å²) in [5, 5.41) is 0. The van der Waals surface area contributed by atoms with Crippen LogP contribution in [0.4, 0.5) is 4.79 Å². The number of hydrogen-bond acceptors (Lipinski definition) is 6. The summed E-state index contributed by atoms with van der Waals surface area (Å²) >= 11 is 2.14. The Labute approximate surface area is 168 Å². The molecule has 1 aliphatic rings. The number of alkyl halides is 1. The molecule has 0 aromatic rings. The Morgan fingerprint density at radius 2 is 2.04 bits per heavy atom. The van der Waals surface area contributed by atoms with Crippen LogP contribution < -0.4 is 0 Å². The summed E-state index contributed by atoms with van der Waals surface area (Å²) in [6, 6.07) is -0.257. The minimum atomic E-state index is -0.548. The Kier molecular flexibility index (Phi) is 8.85. The molecule has 0 saturated carbocycles. The Bertz CT molecular complexity index is 554. The third-order valence-electron chi connectivity index (χ3n) is 3.66. The van der Waals surface area contributed by atoms with Gasteiger partial charge in [0.25, 0.3) is 0 Å². The first-order valence-electron chi connectivity index (χ1n) is 8.74. The van der Waals surface area contributed by atoms with Crippen LogP contribution in [0.2, 0.25) is 0 Å². The van der Waals surface area contributed by atoms with Crippen molar-refractivity contribution < 1.29 is 28.6 Å². The molecule has 1 unspecified atom stereocenters. The smallest absolute Gasteiger partial charge is 0.410 e. The van der Waals surface area contributed by atoms with E-state index in [0.717, 1.165) is 0 Å². The molecule has 0 radical (unpaired) electrons. The van der Waals surface area contributed by atoms with Gasteiger partial charge in [0.1, 0.15) is 12.2 Å². The summed E-state index contributed by atoms with van der Waals surface area (Å²) in [6.45, 7) is 9.79. The van der Waals surface area contributed by atoms with E-state index in [9.17, 15) is 14.4 Å². The second-order valence-electron chi connectivity index (χ2n) is 6.91. The van der Waals surface area contributed by atoms with Crippen molar-refractivity contribution in [2.45, 2.75) is 63.0 Å². The molecular formula is C18H28INO6. The van der Waals surface area contributed by atoms with Crippen molar-refractivity contribution in [3.05, 3.63) is 11.6 Å². The first-order valence-corrected chi connectivity index (χ1v) is 9.99. The Morgan fingerprint density at radius 1 is 1.38 bits per heavy atom. The maximum atomic E-state index is 12.0. The largest absolute Gasteiger partial charge is 0.463 e. The predicted octanol–water partition coefficient (Wildman–Crippen LogP) is 3.24. The minimum absolute atomic E-state index is 0.157. The zero-order valence-electron chi connectivity index (χ0n) is 16.0. The Morgan fingerprint density at radius 3 is 2.58 bits per heavy atom. The predicted molar refractivity (Wildman–Crippen MR) is 105 cm³/mol. The van der Waals surface area contributed by atoms with Gasteiger partial charge in [0, 0.05) is 16.0 Å². The molecule has 8 heteroatoms. The third kappa shape index (κ3) is 7.13. The average molecular weight is 481 g/mol. The van der Waals surface area contributed by atoms with E-state index < -0.39 is 11.7 Å². The van der Waals surface area contributed by atoms with Crippen LogP contribution in [-0.4, -0.2) is 58.3 Å². The first-order chi connectivity index (χ1) is 12.1. The number of halogens is 1. The SMILES string of the molecule is CCOC(=O)/C(=C/CN1C(=O)OC[C@@H]1C(I)CC(=O)OC(C)(C)C)CC. The van der Waals surface area contributed by atoms with Gasteiger partial charge in [-0.15, -0.1) is 0 Å². The van der Waals surface area contributed by atoms with Crippen LogP contribution in [0, 0.1) is 0 Å². The molecule has 2 atom stereocenters. The zero-order chi connectivity index (χ0) is 19.9. The van der Waals surface area contributed by atoms with Crippen molar-refractivity contribution in [3.63, 3.8) is 0 Å². The topological polar surface area (TPSA) is 82.1 Å². The summed E-state index contributed by atoms with van der Waals surface area (Å²) < 4.78 is 15.3.